The second-order valence-electron chi connectivity index (χ2n) is 11.0. The third kappa shape index (κ3) is 28.3. The van der Waals surface area contributed by atoms with Crippen molar-refractivity contribution in [3.8, 4) is 0 Å². The number of nitroso groups, excluding NO2 is 1. The van der Waals surface area contributed by atoms with E-state index >= 15 is 0 Å². The van der Waals surface area contributed by atoms with E-state index in [2.05, 4.69) is 5.18 Å². The van der Waals surface area contributed by atoms with Gasteiger partial charge in [-0.1, -0.05) is 12.1 Å². The van der Waals surface area contributed by atoms with Crippen LogP contribution in [0.5, 0.6) is 0 Å². The highest BCUT2D eigenvalue weighted by atomic mass is 16.6. The first kappa shape index (κ1) is 42.6. The molecule has 1 aromatic carbocycles. The van der Waals surface area contributed by atoms with Gasteiger partial charge < -0.3 is 47.4 Å². The van der Waals surface area contributed by atoms with E-state index in [9.17, 15) is 14.5 Å². The van der Waals surface area contributed by atoms with Crippen molar-refractivity contribution in [2.45, 2.75) is 45.6 Å². The second kappa shape index (κ2) is 29.7. The Morgan fingerprint density at radius 2 is 0.957 bits per heavy atom. The van der Waals surface area contributed by atoms with Gasteiger partial charge in [-0.15, -0.1) is 4.91 Å². The molecule has 0 atom stereocenters. The third-order valence-electron chi connectivity index (χ3n) is 5.86. The molecule has 0 heterocycles. The minimum Gasteiger partial charge on any atom is -0.460 e. The predicted octanol–water partition coefficient (Wildman–Crippen LogP) is 3.41. The van der Waals surface area contributed by atoms with Crippen LogP contribution in [-0.2, 0) is 58.6 Å². The molecule has 270 valence electrons. The lowest BCUT2D eigenvalue weighted by atomic mass is 10.1. The quantitative estimate of drug-likeness (QED) is 0.0624. The van der Waals surface area contributed by atoms with Crippen LogP contribution >= 0.6 is 0 Å². The molecule has 0 aromatic heterocycles. The number of carbonyl (C=O) groups excluding carboxylic acids is 2. The normalized spacial score (nSPS) is 11.6. The Morgan fingerprint density at radius 3 is 1.34 bits per heavy atom. The zero-order valence-electron chi connectivity index (χ0n) is 28.4. The van der Waals surface area contributed by atoms with Crippen molar-refractivity contribution in [2.75, 3.05) is 119 Å². The molecule has 0 saturated heterocycles. The van der Waals surface area contributed by atoms with Crippen molar-refractivity contribution < 1.29 is 57.0 Å². The number of ether oxygens (including phenoxy) is 10. The highest BCUT2D eigenvalue weighted by molar-refractivity contribution is 5.94. The molecule has 0 aliphatic carbocycles. The first-order chi connectivity index (χ1) is 22.8. The Kier molecular flexibility index (Phi) is 26.9. The summed E-state index contributed by atoms with van der Waals surface area (Å²) in [7, 11) is 0. The van der Waals surface area contributed by atoms with Crippen LogP contribution < -0.4 is 0 Å². The topological polar surface area (TPSA) is 156 Å². The van der Waals surface area contributed by atoms with Crippen LogP contribution in [0.3, 0.4) is 0 Å². The summed E-state index contributed by atoms with van der Waals surface area (Å²) in [5.74, 6) is -1.03. The van der Waals surface area contributed by atoms with Crippen molar-refractivity contribution in [3.05, 3.63) is 40.3 Å². The Hall–Kier alpha value is -2.40. The minimum absolute atomic E-state index is 0.226. The molecule has 47 heavy (non-hydrogen) atoms. The Bertz CT molecular complexity index is 926. The van der Waals surface area contributed by atoms with Gasteiger partial charge in [-0.25, -0.2) is 0 Å². The lowest BCUT2D eigenvalue weighted by molar-refractivity contribution is -0.156. The number of esters is 1. The Morgan fingerprint density at radius 1 is 0.574 bits per heavy atom. The van der Waals surface area contributed by atoms with E-state index < -0.39 is 11.5 Å². The maximum atomic E-state index is 11.6. The van der Waals surface area contributed by atoms with Gasteiger partial charge in [0.05, 0.1) is 119 Å². The standard InChI is InChI=1S/C33H55NO13/c1-33(2,3)47-31(35)9-11-39-13-15-41-17-19-43-21-23-45-25-27-46-26-24-44-22-20-42-18-16-40-14-12-38-10-5-7-29-6-4-8-30(28-29)32(36)34-37/h4,6,8,28H,5,7,9-27H2,1-3H3. The van der Waals surface area contributed by atoms with Gasteiger partial charge >= 0.3 is 11.9 Å². The molecule has 0 bridgehead atoms. The summed E-state index contributed by atoms with van der Waals surface area (Å²) in [5.41, 5.74) is 0.791. The molecule has 0 radical (unpaired) electrons. The van der Waals surface area contributed by atoms with Crippen molar-refractivity contribution in [1.82, 2.24) is 0 Å². The maximum Gasteiger partial charge on any atom is 0.316 e. The van der Waals surface area contributed by atoms with Gasteiger partial charge in [0, 0.05) is 17.3 Å². The average molecular weight is 674 g/mol. The van der Waals surface area contributed by atoms with E-state index in [1.54, 1.807) is 18.2 Å². The van der Waals surface area contributed by atoms with Crippen LogP contribution in [0.1, 0.15) is 49.5 Å². The maximum absolute atomic E-state index is 11.6. The predicted molar refractivity (Wildman–Crippen MR) is 173 cm³/mol. The molecule has 0 aliphatic heterocycles. The van der Waals surface area contributed by atoms with E-state index in [1.807, 2.05) is 26.8 Å². The van der Waals surface area contributed by atoms with E-state index in [-0.39, 0.29) is 12.4 Å². The van der Waals surface area contributed by atoms with Crippen molar-refractivity contribution in [1.29, 1.82) is 0 Å². The van der Waals surface area contributed by atoms with Gasteiger partial charge in [0.25, 0.3) is 0 Å². The highest BCUT2D eigenvalue weighted by Crippen LogP contribution is 2.09. The molecule has 1 aromatic rings. The van der Waals surface area contributed by atoms with Crippen LogP contribution in [0.2, 0.25) is 0 Å². The number of carbonyl (C=O) groups is 2. The molecular weight excluding hydrogens is 618 g/mol. The number of benzene rings is 1. The van der Waals surface area contributed by atoms with Crippen molar-refractivity contribution in [3.63, 3.8) is 0 Å². The van der Waals surface area contributed by atoms with E-state index in [1.165, 1.54) is 0 Å². The third-order valence-corrected chi connectivity index (χ3v) is 5.86. The lowest BCUT2D eigenvalue weighted by Crippen LogP contribution is -2.24. The van der Waals surface area contributed by atoms with Gasteiger partial charge in [0.1, 0.15) is 5.60 Å². The number of rotatable bonds is 32. The largest absolute Gasteiger partial charge is 0.460 e. The number of hydrogen-bond acceptors (Lipinski definition) is 13. The molecule has 0 spiro atoms. The fourth-order valence-corrected chi connectivity index (χ4v) is 3.70. The van der Waals surface area contributed by atoms with Crippen molar-refractivity contribution in [2.24, 2.45) is 5.18 Å². The molecule has 0 fully saturated rings. The number of aryl methyl sites for hydroxylation is 1. The number of hydrogen-bond donors (Lipinski definition) is 0. The molecule has 0 N–H and O–H groups in total. The van der Waals surface area contributed by atoms with E-state index in [0.29, 0.717) is 124 Å². The summed E-state index contributed by atoms with van der Waals surface area (Å²) >= 11 is 0. The van der Waals surface area contributed by atoms with Crippen LogP contribution in [0.15, 0.2) is 29.4 Å². The van der Waals surface area contributed by atoms with Crippen LogP contribution in [0.4, 0.5) is 0 Å². The first-order valence-electron chi connectivity index (χ1n) is 16.2. The zero-order valence-corrected chi connectivity index (χ0v) is 28.4. The fourth-order valence-electron chi connectivity index (χ4n) is 3.70. The van der Waals surface area contributed by atoms with Gasteiger partial charge in [0.2, 0.25) is 0 Å². The average Bonchev–Trinajstić information content (AvgIpc) is 3.04. The molecule has 14 heteroatoms. The molecule has 0 unspecified atom stereocenters. The monoisotopic (exact) mass is 673 g/mol. The molecule has 14 nitrogen and oxygen atoms in total. The summed E-state index contributed by atoms with van der Waals surface area (Å²) < 4.78 is 54.3. The minimum atomic E-state index is -0.756. The molecular formula is C33H55NO13. The summed E-state index contributed by atoms with van der Waals surface area (Å²) in [5, 5.41) is 2.45. The molecule has 1 amide bonds. The van der Waals surface area contributed by atoms with Gasteiger partial charge in [0.15, 0.2) is 0 Å². The van der Waals surface area contributed by atoms with Gasteiger partial charge in [-0.2, -0.15) is 0 Å². The van der Waals surface area contributed by atoms with Crippen LogP contribution in [0, 0.1) is 4.91 Å². The first-order valence-corrected chi connectivity index (χ1v) is 16.2. The van der Waals surface area contributed by atoms with Gasteiger partial charge in [-0.3, -0.25) is 9.59 Å². The van der Waals surface area contributed by atoms with Crippen LogP contribution in [-0.4, -0.2) is 136 Å². The molecule has 1 rings (SSSR count). The Balaban J connectivity index is 1.70. The Labute approximate surface area is 278 Å². The number of amides is 1. The van der Waals surface area contributed by atoms with E-state index in [4.69, 9.17) is 47.4 Å². The SMILES string of the molecule is CC(C)(C)OC(=O)CCOCCOCCOCCOCCOCCOCCOCCOCCOCCCc1cccc(C(=O)N=O)c1. The summed E-state index contributed by atoms with van der Waals surface area (Å²) in [6, 6.07) is 6.91. The highest BCUT2D eigenvalue weighted by Gasteiger charge is 2.15. The summed E-state index contributed by atoms with van der Waals surface area (Å²) in [6.07, 6.45) is 1.76. The smallest absolute Gasteiger partial charge is 0.316 e. The summed E-state index contributed by atoms with van der Waals surface area (Å²) in [6.45, 7) is 13.9. The lowest BCUT2D eigenvalue weighted by Gasteiger charge is -2.19. The van der Waals surface area contributed by atoms with Crippen LogP contribution in [0.25, 0.3) is 0 Å². The second-order valence-corrected chi connectivity index (χ2v) is 11.0. The number of nitrogens with zero attached hydrogens (tertiary/aromatic N) is 1. The van der Waals surface area contributed by atoms with Crippen molar-refractivity contribution >= 4 is 11.9 Å². The molecule has 0 saturated carbocycles. The van der Waals surface area contributed by atoms with Gasteiger partial charge in [-0.05, 0) is 51.3 Å². The zero-order chi connectivity index (χ0) is 34.3. The van der Waals surface area contributed by atoms with E-state index in [0.717, 1.165) is 18.4 Å². The molecule has 0 aliphatic rings. The summed E-state index contributed by atoms with van der Waals surface area (Å²) in [4.78, 5) is 33.3. The fraction of sp³-hybridized carbons (Fsp3) is 0.758.